The maximum absolute atomic E-state index is 13.3. The molecule has 4 N–H and O–H groups in total. The first-order chi connectivity index (χ1) is 18.7. The average Bonchev–Trinajstić information content (AvgIpc) is 3.53. The van der Waals surface area contributed by atoms with E-state index in [0.717, 1.165) is 18.4 Å². The third kappa shape index (κ3) is 2.63. The van der Waals surface area contributed by atoms with E-state index in [-0.39, 0.29) is 46.1 Å². The fourth-order valence-electron chi connectivity index (χ4n) is 7.65. The highest BCUT2D eigenvalue weighted by molar-refractivity contribution is 5.98. The third-order valence-electron chi connectivity index (χ3n) is 9.31. The molecule has 3 aromatic heterocycles. The van der Waals surface area contributed by atoms with Gasteiger partial charge in [0.2, 0.25) is 5.91 Å². The second kappa shape index (κ2) is 7.01. The van der Waals surface area contributed by atoms with Gasteiger partial charge in [0.25, 0.3) is 11.8 Å². The summed E-state index contributed by atoms with van der Waals surface area (Å²) in [5.74, 6) is -0.860. The minimum atomic E-state index is -0.543. The molecule has 12 heteroatoms. The first-order valence-corrected chi connectivity index (χ1v) is 12.8. The first kappa shape index (κ1) is 22.3. The van der Waals surface area contributed by atoms with Gasteiger partial charge in [-0.1, -0.05) is 12.1 Å². The van der Waals surface area contributed by atoms with E-state index < -0.39 is 11.7 Å². The van der Waals surface area contributed by atoms with Crippen LogP contribution in [0.5, 0.6) is 0 Å². The summed E-state index contributed by atoms with van der Waals surface area (Å²) in [5, 5.41) is 13.2. The molecule has 0 radical (unpaired) electrons. The minimum absolute atomic E-state index is 0.00181. The lowest BCUT2D eigenvalue weighted by molar-refractivity contribution is -0.328. The van der Waals surface area contributed by atoms with Crippen molar-refractivity contribution in [3.8, 4) is 0 Å². The summed E-state index contributed by atoms with van der Waals surface area (Å²) in [6, 6.07) is 8.21. The zero-order valence-electron chi connectivity index (χ0n) is 20.8. The van der Waals surface area contributed by atoms with Crippen molar-refractivity contribution in [1.29, 1.82) is 0 Å². The number of nitrogens with one attached hydrogen (secondary N) is 4. The number of oxazole rings is 1. The Bertz CT molecular complexity index is 1880. The molecular formula is C27H23N7O5. The van der Waals surface area contributed by atoms with Crippen LogP contribution in [0.2, 0.25) is 0 Å². The minimum Gasteiger partial charge on any atom is -0.408 e. The fourth-order valence-corrected chi connectivity index (χ4v) is 7.65. The van der Waals surface area contributed by atoms with E-state index in [0.29, 0.717) is 29.2 Å². The highest BCUT2D eigenvalue weighted by atomic mass is 16.4. The van der Waals surface area contributed by atoms with E-state index in [1.807, 2.05) is 0 Å². The molecule has 1 aromatic carbocycles. The second-order valence-electron chi connectivity index (χ2n) is 11.1. The third-order valence-corrected chi connectivity index (χ3v) is 9.31. The van der Waals surface area contributed by atoms with Gasteiger partial charge >= 0.3 is 5.76 Å². The molecule has 12 nitrogen and oxygen atoms in total. The van der Waals surface area contributed by atoms with E-state index in [1.54, 1.807) is 31.2 Å². The standard InChI is InChI=1S/C27H23N7O5/c1-13(35)33-27-11-26-19(27)8-25(26,9-20(26)27)12-29-23(37)17-7-16(31-21-4-5-30-34(17)21)22(36)28-10-14-2-3-18-15(6-14)32-24(38)39-18/h2-8,20H,9-12H2,1H3,(H,28,36)(H,29,37)(H,32,38)(H,33,35). The summed E-state index contributed by atoms with van der Waals surface area (Å²) in [7, 11) is 0. The molecule has 4 unspecified atom stereocenters. The number of rotatable bonds is 7. The van der Waals surface area contributed by atoms with E-state index >= 15 is 0 Å². The van der Waals surface area contributed by atoms with Crippen LogP contribution in [0.1, 0.15) is 46.3 Å². The van der Waals surface area contributed by atoms with Crippen molar-refractivity contribution in [2.45, 2.75) is 31.8 Å². The van der Waals surface area contributed by atoms with Crippen molar-refractivity contribution in [3.05, 3.63) is 75.7 Å². The Morgan fingerprint density at radius 3 is 2.79 bits per heavy atom. The number of hydrogen-bond donors (Lipinski definition) is 4. The van der Waals surface area contributed by atoms with Gasteiger partial charge in [-0.05, 0) is 42.0 Å². The zero-order valence-corrected chi connectivity index (χ0v) is 20.8. The first-order valence-electron chi connectivity index (χ1n) is 12.8. The number of carbonyl (C=O) groups excluding carboxylic acids is 3. The molecule has 1 spiro atoms. The molecule has 4 atom stereocenters. The lowest BCUT2D eigenvalue weighted by Gasteiger charge is -2.95. The number of amides is 3. The lowest BCUT2D eigenvalue weighted by Crippen LogP contribution is -2.97. The molecule has 5 aliphatic rings. The summed E-state index contributed by atoms with van der Waals surface area (Å²) in [4.78, 5) is 56.3. The Morgan fingerprint density at radius 1 is 1.18 bits per heavy atom. The Labute approximate surface area is 219 Å². The van der Waals surface area contributed by atoms with Crippen LogP contribution >= 0.6 is 0 Å². The molecule has 5 aliphatic carbocycles. The molecule has 4 aromatic rings. The van der Waals surface area contributed by atoms with Gasteiger partial charge in [0.05, 0.1) is 17.3 Å². The molecule has 4 saturated carbocycles. The van der Waals surface area contributed by atoms with Gasteiger partial charge in [0, 0.05) is 43.0 Å². The maximum Gasteiger partial charge on any atom is 0.417 e. The van der Waals surface area contributed by atoms with Crippen molar-refractivity contribution in [2.24, 2.45) is 16.7 Å². The fraction of sp³-hybridized carbons (Fsp3) is 0.333. The normalized spacial score (nSPS) is 28.7. The van der Waals surface area contributed by atoms with Gasteiger partial charge in [0.1, 0.15) is 11.4 Å². The van der Waals surface area contributed by atoms with Gasteiger partial charge < -0.3 is 20.4 Å². The number of H-pyrrole nitrogens is 1. The monoisotopic (exact) mass is 525 g/mol. The van der Waals surface area contributed by atoms with Crippen LogP contribution in [-0.2, 0) is 11.3 Å². The van der Waals surface area contributed by atoms with E-state index in [4.69, 9.17) is 4.42 Å². The van der Waals surface area contributed by atoms with Crippen molar-refractivity contribution in [1.82, 2.24) is 35.5 Å². The lowest BCUT2D eigenvalue weighted by atomic mass is 9.10. The van der Waals surface area contributed by atoms with E-state index in [1.165, 1.54) is 22.4 Å². The van der Waals surface area contributed by atoms with E-state index in [9.17, 15) is 19.2 Å². The van der Waals surface area contributed by atoms with Gasteiger partial charge in [-0.2, -0.15) is 5.10 Å². The van der Waals surface area contributed by atoms with Crippen LogP contribution < -0.4 is 21.7 Å². The summed E-state index contributed by atoms with van der Waals surface area (Å²) in [5.41, 5.74) is 3.71. The SMILES string of the molecule is CC(=O)NC12CC34C1=CC3(CNC(=O)c1cc(C(=O)NCc3ccc5oc(=O)[nH]c5c3)nc3ccnn13)CC24. The molecule has 0 saturated heterocycles. The molecule has 39 heavy (non-hydrogen) atoms. The van der Waals surface area contributed by atoms with Crippen molar-refractivity contribution in [2.75, 3.05) is 6.54 Å². The smallest absolute Gasteiger partial charge is 0.408 e. The summed E-state index contributed by atoms with van der Waals surface area (Å²) in [6.45, 7) is 2.24. The molecule has 196 valence electrons. The van der Waals surface area contributed by atoms with Gasteiger partial charge in [-0.3, -0.25) is 19.4 Å². The Balaban J connectivity index is 0.983. The Kier molecular flexibility index (Phi) is 4.00. The maximum atomic E-state index is 13.3. The number of hydrogen-bond acceptors (Lipinski definition) is 7. The molecule has 4 fully saturated rings. The number of aromatic nitrogens is 4. The van der Waals surface area contributed by atoms with Crippen molar-refractivity contribution >= 4 is 34.5 Å². The predicted octanol–water partition coefficient (Wildman–Crippen LogP) is 1.05. The largest absolute Gasteiger partial charge is 0.417 e. The summed E-state index contributed by atoms with van der Waals surface area (Å²) < 4.78 is 6.43. The van der Waals surface area contributed by atoms with Gasteiger partial charge in [-0.15, -0.1) is 0 Å². The number of fused-ring (bicyclic) bond motifs is 2. The van der Waals surface area contributed by atoms with Gasteiger partial charge in [-0.25, -0.2) is 14.3 Å². The second-order valence-corrected chi connectivity index (χ2v) is 11.1. The number of nitrogens with zero attached hydrogens (tertiary/aromatic N) is 3. The topological polar surface area (TPSA) is 163 Å². The number of carbonyl (C=O) groups is 3. The van der Waals surface area contributed by atoms with Gasteiger partial charge in [0.15, 0.2) is 11.2 Å². The van der Waals surface area contributed by atoms with Crippen LogP contribution in [-0.4, -0.2) is 49.4 Å². The van der Waals surface area contributed by atoms with Crippen LogP contribution in [0.15, 0.2) is 57.4 Å². The summed E-state index contributed by atoms with van der Waals surface area (Å²) in [6.07, 6.45) is 5.65. The highest BCUT2D eigenvalue weighted by Gasteiger charge is 2.95. The Morgan fingerprint density at radius 2 is 2.05 bits per heavy atom. The van der Waals surface area contributed by atoms with Crippen LogP contribution in [0.25, 0.3) is 16.7 Å². The summed E-state index contributed by atoms with van der Waals surface area (Å²) >= 11 is 0. The number of aromatic amines is 1. The molecular weight excluding hydrogens is 502 g/mol. The molecule has 2 bridgehead atoms. The van der Waals surface area contributed by atoms with Crippen LogP contribution in [0.4, 0.5) is 0 Å². The highest BCUT2D eigenvalue weighted by Crippen LogP contribution is 2.95. The number of benzene rings is 1. The molecule has 3 amide bonds. The van der Waals surface area contributed by atoms with E-state index in [2.05, 4.69) is 37.1 Å². The average molecular weight is 526 g/mol. The van der Waals surface area contributed by atoms with Crippen molar-refractivity contribution in [3.63, 3.8) is 0 Å². The molecule has 0 aliphatic heterocycles. The van der Waals surface area contributed by atoms with Crippen molar-refractivity contribution < 1.29 is 18.8 Å². The molecule has 9 rings (SSSR count). The quantitative estimate of drug-likeness (QED) is 0.262. The Hall–Kier alpha value is -4.74. The van der Waals surface area contributed by atoms with Crippen LogP contribution in [0.3, 0.4) is 0 Å². The zero-order chi connectivity index (χ0) is 26.7. The predicted molar refractivity (Wildman–Crippen MR) is 136 cm³/mol. The molecule has 3 heterocycles. The van der Waals surface area contributed by atoms with Crippen LogP contribution in [0, 0.1) is 16.7 Å².